The van der Waals surface area contributed by atoms with Crippen LogP contribution in [0.25, 0.3) is 50.1 Å². The first-order chi connectivity index (χ1) is 16.3. The van der Waals surface area contributed by atoms with E-state index in [1.807, 2.05) is 42.6 Å². The summed E-state index contributed by atoms with van der Waals surface area (Å²) in [4.78, 5) is 9.89. The Balaban J connectivity index is 1.70. The molecule has 0 unspecified atom stereocenters. The van der Waals surface area contributed by atoms with Crippen molar-refractivity contribution in [3.05, 3.63) is 109 Å². The number of nitrogens with zero attached hydrogens (tertiary/aromatic N) is 3. The molecular formula is C29H21BN3. The molecule has 1 radical (unpaired) electrons. The highest BCUT2D eigenvalue weighted by Crippen LogP contribution is 2.35. The first-order valence-electron chi connectivity index (χ1n) is 11.1. The van der Waals surface area contributed by atoms with Gasteiger partial charge in [0.05, 0.1) is 28.6 Å². The Bertz CT molecular complexity index is 1590. The molecule has 0 spiro atoms. The van der Waals surface area contributed by atoms with Crippen molar-refractivity contribution in [2.75, 3.05) is 0 Å². The maximum atomic E-state index is 5.09. The average molecular weight is 422 g/mol. The molecule has 0 saturated carbocycles. The van der Waals surface area contributed by atoms with Crippen molar-refractivity contribution in [3.63, 3.8) is 0 Å². The number of hydrogen-bond acceptors (Lipinski definition) is 2. The highest BCUT2D eigenvalue weighted by Gasteiger charge is 2.18. The van der Waals surface area contributed by atoms with Crippen LogP contribution < -0.4 is 5.46 Å². The molecule has 6 rings (SSSR count). The van der Waals surface area contributed by atoms with Crippen molar-refractivity contribution in [2.24, 2.45) is 0 Å². The monoisotopic (exact) mass is 422 g/mol. The maximum Gasteiger partial charge on any atom is 0.159 e. The van der Waals surface area contributed by atoms with Gasteiger partial charge in [0.2, 0.25) is 0 Å². The maximum absolute atomic E-state index is 5.09. The van der Waals surface area contributed by atoms with Gasteiger partial charge in [0.15, 0.2) is 5.82 Å². The van der Waals surface area contributed by atoms with Gasteiger partial charge in [-0.2, -0.15) is 0 Å². The van der Waals surface area contributed by atoms with E-state index in [2.05, 4.69) is 85.4 Å². The van der Waals surface area contributed by atoms with Gasteiger partial charge in [-0.25, -0.2) is 9.97 Å². The summed E-state index contributed by atoms with van der Waals surface area (Å²) in [6.45, 7) is 2.07. The summed E-state index contributed by atoms with van der Waals surface area (Å²) in [5.41, 5.74) is 7.45. The van der Waals surface area contributed by atoms with Gasteiger partial charge < -0.3 is 4.57 Å². The fourth-order valence-electron chi connectivity index (χ4n) is 4.50. The summed E-state index contributed by atoms with van der Waals surface area (Å²) < 4.78 is 2.30. The lowest BCUT2D eigenvalue weighted by Gasteiger charge is -2.14. The number of rotatable bonds is 4. The zero-order chi connectivity index (χ0) is 22.2. The normalized spacial score (nSPS) is 11.2. The molecule has 33 heavy (non-hydrogen) atoms. The van der Waals surface area contributed by atoms with Crippen molar-refractivity contribution in [1.29, 1.82) is 0 Å². The summed E-state index contributed by atoms with van der Waals surface area (Å²) in [6, 6.07) is 35.7. The lowest BCUT2D eigenvalue weighted by Crippen LogP contribution is -2.10. The van der Waals surface area contributed by atoms with Crippen LogP contribution in [0, 0.1) is 0 Å². The van der Waals surface area contributed by atoms with Gasteiger partial charge in [0.25, 0.3) is 0 Å². The van der Waals surface area contributed by atoms with Crippen molar-refractivity contribution >= 4 is 34.5 Å². The first kappa shape index (κ1) is 19.5. The fourth-order valence-corrected chi connectivity index (χ4v) is 4.50. The molecule has 2 heterocycles. The van der Waals surface area contributed by atoms with Crippen molar-refractivity contribution in [1.82, 2.24) is 14.5 Å². The molecule has 0 fully saturated rings. The first-order valence-corrected chi connectivity index (χ1v) is 11.1. The Morgan fingerprint density at radius 1 is 0.667 bits per heavy atom. The molecule has 0 saturated heterocycles. The molecule has 4 aromatic carbocycles. The van der Waals surface area contributed by atoms with Crippen LogP contribution in [-0.2, 0) is 0 Å². The summed E-state index contributed by atoms with van der Waals surface area (Å²) >= 11 is 0. The summed E-state index contributed by atoms with van der Waals surface area (Å²) in [5, 5.41) is 2.45. The van der Waals surface area contributed by atoms with Crippen LogP contribution in [0.15, 0.2) is 109 Å². The van der Waals surface area contributed by atoms with Gasteiger partial charge in [-0.15, -0.1) is 0 Å². The second-order valence-electron chi connectivity index (χ2n) is 8.08. The van der Waals surface area contributed by atoms with E-state index in [0.29, 0.717) is 0 Å². The molecular weight excluding hydrogens is 401 g/mol. The lowest BCUT2D eigenvalue weighted by atomic mass is 9.73. The van der Waals surface area contributed by atoms with E-state index >= 15 is 0 Å². The van der Waals surface area contributed by atoms with E-state index in [-0.39, 0.29) is 0 Å². The highest BCUT2D eigenvalue weighted by atomic mass is 15.0. The molecule has 6 aromatic rings. The Kier molecular flexibility index (Phi) is 4.77. The number of aromatic nitrogens is 3. The zero-order valence-electron chi connectivity index (χ0n) is 18.3. The Labute approximate surface area is 193 Å². The third-order valence-corrected chi connectivity index (χ3v) is 6.12. The number of benzene rings is 4. The quantitative estimate of drug-likeness (QED) is 0.313. The molecule has 0 bridgehead atoms. The van der Waals surface area contributed by atoms with Gasteiger partial charge in [0, 0.05) is 21.9 Å². The van der Waals surface area contributed by atoms with Crippen LogP contribution >= 0.6 is 0 Å². The second kappa shape index (κ2) is 8.07. The Morgan fingerprint density at radius 3 is 2.09 bits per heavy atom. The molecule has 0 aliphatic rings. The smallest absolute Gasteiger partial charge is 0.159 e. The van der Waals surface area contributed by atoms with Gasteiger partial charge in [-0.05, 0) is 12.1 Å². The molecule has 0 aliphatic carbocycles. The van der Waals surface area contributed by atoms with E-state index < -0.39 is 0 Å². The predicted molar refractivity (Wildman–Crippen MR) is 138 cm³/mol. The van der Waals surface area contributed by atoms with Gasteiger partial charge in [0.1, 0.15) is 7.28 Å². The molecule has 0 atom stereocenters. The molecule has 2 aromatic heterocycles. The second-order valence-corrected chi connectivity index (χ2v) is 8.08. The molecule has 0 N–H and O–H groups in total. The third kappa shape index (κ3) is 3.31. The van der Waals surface area contributed by atoms with Crippen LogP contribution in [0.2, 0.25) is 6.82 Å². The van der Waals surface area contributed by atoms with E-state index in [9.17, 15) is 0 Å². The molecule has 0 amide bonds. The van der Waals surface area contributed by atoms with Crippen LogP contribution in [0.5, 0.6) is 0 Å². The van der Waals surface area contributed by atoms with Crippen LogP contribution in [-0.4, -0.2) is 21.8 Å². The topological polar surface area (TPSA) is 30.7 Å². The molecule has 3 nitrogen and oxygen atoms in total. The SMILES string of the molecule is C[B]c1ccc2c3ccccc3n(-c3cnc(-c4ccccc4)nc3-c3ccccc3)c2c1. The summed E-state index contributed by atoms with van der Waals surface area (Å²) in [5.74, 6) is 0.724. The fraction of sp³-hybridized carbons (Fsp3) is 0.0345. The minimum Gasteiger partial charge on any atom is -0.306 e. The van der Waals surface area contributed by atoms with Gasteiger partial charge in [-0.3, -0.25) is 0 Å². The van der Waals surface area contributed by atoms with E-state index in [4.69, 9.17) is 9.97 Å². The molecule has 0 aliphatic heterocycles. The van der Waals surface area contributed by atoms with Gasteiger partial charge >= 0.3 is 0 Å². The Hall–Kier alpha value is -4.18. The highest BCUT2D eigenvalue weighted by molar-refractivity contribution is 6.52. The van der Waals surface area contributed by atoms with Crippen LogP contribution in [0.4, 0.5) is 0 Å². The van der Waals surface area contributed by atoms with Crippen LogP contribution in [0.3, 0.4) is 0 Å². The number of hydrogen-bond donors (Lipinski definition) is 0. The third-order valence-electron chi connectivity index (χ3n) is 6.12. The van der Waals surface area contributed by atoms with E-state index in [1.54, 1.807) is 0 Å². The average Bonchev–Trinajstić information content (AvgIpc) is 3.23. The lowest BCUT2D eigenvalue weighted by molar-refractivity contribution is 1.09. The van der Waals surface area contributed by atoms with Crippen LogP contribution in [0.1, 0.15) is 0 Å². The summed E-state index contributed by atoms with van der Waals surface area (Å²) in [6.07, 6.45) is 1.96. The molecule has 155 valence electrons. The van der Waals surface area contributed by atoms with Gasteiger partial charge in [-0.1, -0.05) is 103 Å². The summed E-state index contributed by atoms with van der Waals surface area (Å²) in [7, 11) is 2.13. The number of fused-ring (bicyclic) bond motifs is 3. The van der Waals surface area contributed by atoms with E-state index in [0.717, 1.165) is 39.4 Å². The number of para-hydroxylation sites is 1. The Morgan fingerprint density at radius 2 is 1.33 bits per heavy atom. The zero-order valence-corrected chi connectivity index (χ0v) is 18.3. The van der Waals surface area contributed by atoms with Crippen molar-refractivity contribution in [3.8, 4) is 28.3 Å². The minimum absolute atomic E-state index is 0.724. The molecule has 4 heteroatoms. The predicted octanol–water partition coefficient (Wildman–Crippen LogP) is 6.29. The largest absolute Gasteiger partial charge is 0.306 e. The standard InChI is InChI=1S/C29H21BN3/c1-30-22-16-17-24-23-14-8-9-15-25(23)33(26(24)18-22)27-19-31-29(21-12-6-3-7-13-21)32-28(27)20-10-4-2-5-11-20/h2-19H,1H3. The van der Waals surface area contributed by atoms with E-state index in [1.165, 1.54) is 16.2 Å². The van der Waals surface area contributed by atoms with Crippen molar-refractivity contribution < 1.29 is 0 Å². The minimum atomic E-state index is 0.724. The van der Waals surface area contributed by atoms with Crippen molar-refractivity contribution in [2.45, 2.75) is 6.82 Å².